The highest BCUT2D eigenvalue weighted by Gasteiger charge is 2.40. The van der Waals surface area contributed by atoms with E-state index in [0.29, 0.717) is 29.6 Å². The molecule has 18 heavy (non-hydrogen) atoms. The molecule has 0 spiro atoms. The third-order valence-electron chi connectivity index (χ3n) is 4.42. The molecule has 2 unspecified atom stereocenters. The molecule has 4 N–H and O–H groups in total. The molecule has 1 amide bonds. The van der Waals surface area contributed by atoms with Crippen LogP contribution < -0.4 is 11.1 Å². The Labute approximate surface area is 107 Å². The smallest absolute Gasteiger partial charge is 0.269 e. The van der Waals surface area contributed by atoms with Crippen LogP contribution in [-0.2, 0) is 0 Å². The van der Waals surface area contributed by atoms with E-state index in [0.717, 1.165) is 12.8 Å². The van der Waals surface area contributed by atoms with Crippen molar-refractivity contribution < 1.29 is 4.79 Å². The number of carbonyl (C=O) groups excluding carboxylic acids is 1. The maximum atomic E-state index is 12.1. The fourth-order valence-corrected chi connectivity index (χ4v) is 3.64. The van der Waals surface area contributed by atoms with Crippen LogP contribution in [0.15, 0.2) is 12.3 Å². The van der Waals surface area contributed by atoms with E-state index >= 15 is 0 Å². The Balaban J connectivity index is 1.70. The zero-order valence-electron chi connectivity index (χ0n) is 10.4. The van der Waals surface area contributed by atoms with E-state index in [1.54, 1.807) is 12.3 Å². The quantitative estimate of drug-likeness (QED) is 0.731. The first kappa shape index (κ1) is 11.7. The lowest BCUT2D eigenvalue weighted by Gasteiger charge is -2.45. The van der Waals surface area contributed by atoms with Gasteiger partial charge in [0.05, 0.1) is 0 Å². The number of nitrogens with two attached hydrogens (primary N) is 1. The third kappa shape index (κ3) is 2.14. The van der Waals surface area contributed by atoms with Crippen molar-refractivity contribution in [2.24, 2.45) is 17.6 Å². The van der Waals surface area contributed by atoms with Gasteiger partial charge >= 0.3 is 0 Å². The standard InChI is InChI=1S/C13H20N4O/c14-10-6-8-2-1-3-9(7-10)12(8)16-13(18)11-4-5-15-17-11/h4-5,8-10,12H,1-3,6-7,14H2,(H,15,17)(H,16,18). The van der Waals surface area contributed by atoms with Gasteiger partial charge in [0.15, 0.2) is 0 Å². The highest BCUT2D eigenvalue weighted by atomic mass is 16.2. The van der Waals surface area contributed by atoms with Crippen molar-refractivity contribution in [2.75, 3.05) is 0 Å². The summed E-state index contributed by atoms with van der Waals surface area (Å²) in [6.07, 6.45) is 7.36. The molecule has 2 aliphatic carbocycles. The van der Waals surface area contributed by atoms with Crippen LogP contribution >= 0.6 is 0 Å². The van der Waals surface area contributed by atoms with Gasteiger partial charge in [-0.3, -0.25) is 9.89 Å². The van der Waals surface area contributed by atoms with Crippen molar-refractivity contribution in [3.63, 3.8) is 0 Å². The lowest BCUT2D eigenvalue weighted by atomic mass is 9.67. The molecular formula is C13H20N4O. The molecular weight excluding hydrogens is 228 g/mol. The largest absolute Gasteiger partial charge is 0.347 e. The summed E-state index contributed by atoms with van der Waals surface area (Å²) in [6, 6.07) is 2.33. The summed E-state index contributed by atoms with van der Waals surface area (Å²) in [5, 5.41) is 9.71. The molecule has 0 radical (unpaired) electrons. The third-order valence-corrected chi connectivity index (χ3v) is 4.42. The second-order valence-corrected chi connectivity index (χ2v) is 5.65. The van der Waals surface area contributed by atoms with Crippen molar-refractivity contribution in [1.82, 2.24) is 15.5 Å². The van der Waals surface area contributed by atoms with Gasteiger partial charge in [-0.15, -0.1) is 0 Å². The summed E-state index contributed by atoms with van der Waals surface area (Å²) < 4.78 is 0. The minimum absolute atomic E-state index is 0.0372. The van der Waals surface area contributed by atoms with Crippen molar-refractivity contribution in [1.29, 1.82) is 0 Å². The van der Waals surface area contributed by atoms with Gasteiger partial charge < -0.3 is 11.1 Å². The number of nitrogens with one attached hydrogen (secondary N) is 2. The molecule has 98 valence electrons. The molecule has 2 bridgehead atoms. The van der Waals surface area contributed by atoms with Crippen molar-refractivity contribution in [3.8, 4) is 0 Å². The van der Waals surface area contributed by atoms with Crippen LogP contribution in [0.3, 0.4) is 0 Å². The number of nitrogens with zero attached hydrogens (tertiary/aromatic N) is 1. The van der Waals surface area contributed by atoms with Gasteiger partial charge in [0.2, 0.25) is 0 Å². The van der Waals surface area contributed by atoms with E-state index in [9.17, 15) is 4.79 Å². The van der Waals surface area contributed by atoms with Gasteiger partial charge in [-0.05, 0) is 43.6 Å². The Hall–Kier alpha value is -1.36. The summed E-state index contributed by atoms with van der Waals surface area (Å²) in [7, 11) is 0. The van der Waals surface area contributed by atoms with Crippen molar-refractivity contribution >= 4 is 5.91 Å². The number of carbonyl (C=O) groups is 1. The first-order valence-electron chi connectivity index (χ1n) is 6.80. The first-order valence-corrected chi connectivity index (χ1v) is 6.80. The Morgan fingerprint density at radius 2 is 2.11 bits per heavy atom. The van der Waals surface area contributed by atoms with E-state index in [4.69, 9.17) is 5.73 Å². The van der Waals surface area contributed by atoms with Crippen molar-refractivity contribution in [3.05, 3.63) is 18.0 Å². The summed E-state index contributed by atoms with van der Waals surface area (Å²) in [5.74, 6) is 1.07. The molecule has 2 fully saturated rings. The molecule has 2 saturated carbocycles. The maximum absolute atomic E-state index is 12.1. The number of aromatic nitrogens is 2. The highest BCUT2D eigenvalue weighted by molar-refractivity contribution is 5.92. The minimum Gasteiger partial charge on any atom is -0.347 e. The highest BCUT2D eigenvalue weighted by Crippen LogP contribution is 2.39. The Morgan fingerprint density at radius 3 is 2.72 bits per heavy atom. The van der Waals surface area contributed by atoms with Crippen LogP contribution in [0.5, 0.6) is 0 Å². The Kier molecular flexibility index (Phi) is 3.07. The molecule has 1 aromatic heterocycles. The van der Waals surface area contributed by atoms with E-state index < -0.39 is 0 Å². The average Bonchev–Trinajstić information content (AvgIpc) is 2.83. The summed E-state index contributed by atoms with van der Waals surface area (Å²) in [4.78, 5) is 12.1. The molecule has 0 aromatic carbocycles. The van der Waals surface area contributed by atoms with Crippen LogP contribution in [0.4, 0.5) is 0 Å². The van der Waals surface area contributed by atoms with E-state index in [1.165, 1.54) is 19.3 Å². The van der Waals surface area contributed by atoms with E-state index in [-0.39, 0.29) is 5.91 Å². The molecule has 3 rings (SSSR count). The molecule has 0 saturated heterocycles. The SMILES string of the molecule is NC1CC2CCCC(C1)C2NC(=O)c1ccn[nH]1. The van der Waals surface area contributed by atoms with Crippen molar-refractivity contribution in [2.45, 2.75) is 44.2 Å². The second-order valence-electron chi connectivity index (χ2n) is 5.65. The number of fused-ring (bicyclic) bond motifs is 2. The predicted octanol–water partition coefficient (Wildman–Crippen LogP) is 1.05. The zero-order chi connectivity index (χ0) is 12.5. The first-order chi connectivity index (χ1) is 8.74. The summed E-state index contributed by atoms with van der Waals surface area (Å²) in [6.45, 7) is 0. The fourth-order valence-electron chi connectivity index (χ4n) is 3.64. The number of H-pyrrole nitrogens is 1. The van der Waals surface area contributed by atoms with Gasteiger partial charge in [-0.1, -0.05) is 6.42 Å². The van der Waals surface area contributed by atoms with Gasteiger partial charge in [0.1, 0.15) is 5.69 Å². The number of hydrogen-bond acceptors (Lipinski definition) is 3. The minimum atomic E-state index is -0.0372. The Morgan fingerprint density at radius 1 is 1.39 bits per heavy atom. The molecule has 5 nitrogen and oxygen atoms in total. The molecule has 2 atom stereocenters. The monoisotopic (exact) mass is 248 g/mol. The molecule has 1 aromatic rings. The summed E-state index contributed by atoms with van der Waals surface area (Å²) >= 11 is 0. The number of hydrogen-bond donors (Lipinski definition) is 3. The normalized spacial score (nSPS) is 35.2. The average molecular weight is 248 g/mol. The predicted molar refractivity (Wildman–Crippen MR) is 67.9 cm³/mol. The maximum Gasteiger partial charge on any atom is 0.269 e. The van der Waals surface area contributed by atoms with E-state index in [1.807, 2.05) is 0 Å². The van der Waals surface area contributed by atoms with Gasteiger partial charge in [0.25, 0.3) is 5.91 Å². The zero-order valence-corrected chi connectivity index (χ0v) is 10.4. The number of aromatic amines is 1. The topological polar surface area (TPSA) is 83.8 Å². The van der Waals surface area contributed by atoms with Gasteiger partial charge in [-0.2, -0.15) is 5.10 Å². The van der Waals surface area contributed by atoms with Gasteiger partial charge in [-0.25, -0.2) is 0 Å². The molecule has 5 heteroatoms. The van der Waals surface area contributed by atoms with E-state index in [2.05, 4.69) is 15.5 Å². The molecule has 0 aliphatic heterocycles. The number of amides is 1. The van der Waals surface area contributed by atoms with Crippen LogP contribution in [0.25, 0.3) is 0 Å². The van der Waals surface area contributed by atoms with Crippen LogP contribution in [-0.4, -0.2) is 28.2 Å². The molecule has 2 aliphatic rings. The number of rotatable bonds is 2. The lowest BCUT2D eigenvalue weighted by molar-refractivity contribution is 0.0751. The Bertz CT molecular complexity index is 403. The summed E-state index contributed by atoms with van der Waals surface area (Å²) in [5.41, 5.74) is 6.63. The fraction of sp³-hybridized carbons (Fsp3) is 0.692. The van der Waals surface area contributed by atoms with Gasteiger partial charge in [0, 0.05) is 18.3 Å². The van der Waals surface area contributed by atoms with Crippen LogP contribution in [0.1, 0.15) is 42.6 Å². The lowest BCUT2D eigenvalue weighted by Crippen LogP contribution is -2.53. The van der Waals surface area contributed by atoms with Crippen LogP contribution in [0.2, 0.25) is 0 Å². The second kappa shape index (κ2) is 4.72. The molecule has 1 heterocycles. The van der Waals surface area contributed by atoms with Crippen LogP contribution in [0, 0.1) is 11.8 Å².